The van der Waals surface area contributed by atoms with Crippen molar-refractivity contribution in [3.8, 4) is 0 Å². The van der Waals surface area contributed by atoms with E-state index in [2.05, 4.69) is 10.3 Å². The number of H-pyrrole nitrogens is 1. The van der Waals surface area contributed by atoms with E-state index in [1.165, 1.54) is 0 Å². The van der Waals surface area contributed by atoms with Gasteiger partial charge >= 0.3 is 0 Å². The van der Waals surface area contributed by atoms with E-state index in [0.29, 0.717) is 16.1 Å². The summed E-state index contributed by atoms with van der Waals surface area (Å²) in [7, 11) is 0. The van der Waals surface area contributed by atoms with Crippen LogP contribution in [-0.2, 0) is 0 Å². The van der Waals surface area contributed by atoms with E-state index in [1.807, 2.05) is 6.92 Å². The Morgan fingerprint density at radius 2 is 2.16 bits per heavy atom. The second-order valence-electron chi connectivity index (χ2n) is 4.26. The first kappa shape index (κ1) is 13.6. The number of aryl methyl sites for hydroxylation is 1. The number of amides is 1. The summed E-state index contributed by atoms with van der Waals surface area (Å²) in [5.74, 6) is -0.218. The van der Waals surface area contributed by atoms with Gasteiger partial charge in [-0.25, -0.2) is 0 Å². The third-order valence-corrected chi connectivity index (χ3v) is 3.26. The summed E-state index contributed by atoms with van der Waals surface area (Å²) in [5, 5.41) is 13.2. The molecule has 0 bridgehead atoms. The number of carbonyl (C=O) groups is 1. The van der Waals surface area contributed by atoms with Crippen LogP contribution in [-0.4, -0.2) is 22.5 Å². The van der Waals surface area contributed by atoms with Gasteiger partial charge in [0.2, 0.25) is 0 Å². The molecular weight excluding hydrogens is 264 g/mol. The molecule has 0 aliphatic rings. The van der Waals surface area contributed by atoms with Crippen LogP contribution in [0.3, 0.4) is 0 Å². The first-order valence-corrected chi connectivity index (χ1v) is 6.32. The Kier molecular flexibility index (Phi) is 4.24. The molecule has 1 aromatic heterocycles. The molecule has 0 aliphatic carbocycles. The summed E-state index contributed by atoms with van der Waals surface area (Å²) in [6.45, 7) is 1.94. The third kappa shape index (κ3) is 3.16. The number of aliphatic hydroxyl groups is 1. The Morgan fingerprint density at radius 1 is 1.42 bits per heavy atom. The fraction of sp³-hybridized carbons (Fsp3) is 0.214. The zero-order valence-corrected chi connectivity index (χ0v) is 11.2. The van der Waals surface area contributed by atoms with Gasteiger partial charge in [0.25, 0.3) is 5.91 Å². The molecular formula is C14H15ClN2O2. The van der Waals surface area contributed by atoms with Crippen LogP contribution in [0.15, 0.2) is 36.5 Å². The van der Waals surface area contributed by atoms with E-state index in [1.54, 1.807) is 36.5 Å². The van der Waals surface area contributed by atoms with Gasteiger partial charge in [0.05, 0.1) is 11.7 Å². The van der Waals surface area contributed by atoms with Crippen LogP contribution in [0.4, 0.5) is 0 Å². The van der Waals surface area contributed by atoms with Crippen molar-refractivity contribution >= 4 is 17.5 Å². The maximum Gasteiger partial charge on any atom is 0.253 e. The van der Waals surface area contributed by atoms with Crippen molar-refractivity contribution in [3.63, 3.8) is 0 Å². The van der Waals surface area contributed by atoms with E-state index in [4.69, 9.17) is 11.6 Å². The molecule has 3 N–H and O–H groups in total. The number of aromatic nitrogens is 1. The van der Waals surface area contributed by atoms with Crippen molar-refractivity contribution in [1.29, 1.82) is 0 Å². The summed E-state index contributed by atoms with van der Waals surface area (Å²) in [6.07, 6.45) is 0.881. The Labute approximate surface area is 116 Å². The fourth-order valence-electron chi connectivity index (χ4n) is 1.84. The van der Waals surface area contributed by atoms with Gasteiger partial charge < -0.3 is 15.4 Å². The number of hydrogen-bond acceptors (Lipinski definition) is 2. The van der Waals surface area contributed by atoms with Gasteiger partial charge in [-0.15, -0.1) is 0 Å². The first-order chi connectivity index (χ1) is 9.09. The first-order valence-electron chi connectivity index (χ1n) is 5.94. The van der Waals surface area contributed by atoms with E-state index in [0.717, 1.165) is 5.69 Å². The van der Waals surface area contributed by atoms with Gasteiger partial charge in [-0.2, -0.15) is 0 Å². The number of aliphatic hydroxyl groups excluding tert-OH is 1. The highest BCUT2D eigenvalue weighted by Gasteiger charge is 2.14. The number of halogens is 1. The molecule has 1 heterocycles. The lowest BCUT2D eigenvalue weighted by atomic mass is 10.1. The number of carbonyl (C=O) groups excluding carboxylic acids is 1. The monoisotopic (exact) mass is 278 g/mol. The van der Waals surface area contributed by atoms with Crippen molar-refractivity contribution in [2.45, 2.75) is 13.0 Å². The van der Waals surface area contributed by atoms with Crippen LogP contribution < -0.4 is 5.32 Å². The molecule has 100 valence electrons. The molecule has 1 amide bonds. The summed E-state index contributed by atoms with van der Waals surface area (Å²) in [5.41, 5.74) is 1.98. The summed E-state index contributed by atoms with van der Waals surface area (Å²) < 4.78 is 0. The number of benzene rings is 1. The lowest BCUT2D eigenvalue weighted by Gasteiger charge is -2.13. The van der Waals surface area contributed by atoms with Crippen LogP contribution >= 0.6 is 11.6 Å². The van der Waals surface area contributed by atoms with E-state index >= 15 is 0 Å². The zero-order chi connectivity index (χ0) is 13.8. The zero-order valence-electron chi connectivity index (χ0n) is 10.5. The normalized spacial score (nSPS) is 12.2. The number of hydrogen-bond donors (Lipinski definition) is 3. The molecule has 0 aliphatic heterocycles. The Morgan fingerprint density at radius 3 is 2.79 bits per heavy atom. The molecule has 0 radical (unpaired) electrons. The minimum atomic E-state index is -0.822. The van der Waals surface area contributed by atoms with Gasteiger partial charge in [-0.05, 0) is 19.1 Å². The van der Waals surface area contributed by atoms with Crippen molar-refractivity contribution < 1.29 is 9.90 Å². The lowest BCUT2D eigenvalue weighted by Crippen LogP contribution is -2.28. The number of rotatable bonds is 4. The van der Waals surface area contributed by atoms with Crippen LogP contribution in [0.1, 0.15) is 27.7 Å². The molecule has 0 fully saturated rings. The SMILES string of the molecule is Cc1[nH]ccc1C(=O)NCC(O)c1ccccc1Cl. The molecule has 2 aromatic rings. The molecule has 5 heteroatoms. The highest BCUT2D eigenvalue weighted by Crippen LogP contribution is 2.21. The minimum Gasteiger partial charge on any atom is -0.387 e. The fourth-order valence-corrected chi connectivity index (χ4v) is 2.10. The maximum absolute atomic E-state index is 11.9. The van der Waals surface area contributed by atoms with E-state index in [9.17, 15) is 9.90 Å². The van der Waals surface area contributed by atoms with Crippen molar-refractivity contribution in [3.05, 3.63) is 58.4 Å². The Hall–Kier alpha value is -1.78. The predicted molar refractivity (Wildman–Crippen MR) is 74.3 cm³/mol. The second-order valence-corrected chi connectivity index (χ2v) is 4.67. The molecule has 19 heavy (non-hydrogen) atoms. The molecule has 0 spiro atoms. The summed E-state index contributed by atoms with van der Waals surface area (Å²) in [6, 6.07) is 8.73. The molecule has 0 saturated carbocycles. The van der Waals surface area contributed by atoms with Crippen LogP contribution in [0.2, 0.25) is 5.02 Å². The largest absolute Gasteiger partial charge is 0.387 e. The highest BCUT2D eigenvalue weighted by atomic mass is 35.5. The van der Waals surface area contributed by atoms with E-state index < -0.39 is 6.10 Å². The quantitative estimate of drug-likeness (QED) is 0.804. The predicted octanol–water partition coefficient (Wildman–Crippen LogP) is 2.44. The van der Waals surface area contributed by atoms with Crippen LogP contribution in [0.5, 0.6) is 0 Å². The second kappa shape index (κ2) is 5.91. The molecule has 1 aromatic carbocycles. The van der Waals surface area contributed by atoms with Gasteiger partial charge in [0, 0.05) is 29.0 Å². The van der Waals surface area contributed by atoms with Gasteiger partial charge in [0.1, 0.15) is 0 Å². The molecule has 1 unspecified atom stereocenters. The molecule has 4 nitrogen and oxygen atoms in total. The topological polar surface area (TPSA) is 65.1 Å². The number of aromatic amines is 1. The minimum absolute atomic E-state index is 0.118. The van der Waals surface area contributed by atoms with Crippen molar-refractivity contribution in [2.75, 3.05) is 6.54 Å². The smallest absolute Gasteiger partial charge is 0.253 e. The number of nitrogens with one attached hydrogen (secondary N) is 2. The van der Waals surface area contributed by atoms with Gasteiger partial charge in [0.15, 0.2) is 0 Å². The summed E-state index contributed by atoms with van der Waals surface area (Å²) in [4.78, 5) is 14.8. The molecule has 2 rings (SSSR count). The van der Waals surface area contributed by atoms with Crippen LogP contribution in [0.25, 0.3) is 0 Å². The van der Waals surface area contributed by atoms with Gasteiger partial charge in [-0.1, -0.05) is 29.8 Å². The Bertz CT molecular complexity index is 580. The maximum atomic E-state index is 11.9. The lowest BCUT2D eigenvalue weighted by molar-refractivity contribution is 0.0916. The van der Waals surface area contributed by atoms with Crippen molar-refractivity contribution in [1.82, 2.24) is 10.3 Å². The van der Waals surface area contributed by atoms with Crippen molar-refractivity contribution in [2.24, 2.45) is 0 Å². The summed E-state index contributed by atoms with van der Waals surface area (Å²) >= 11 is 5.98. The van der Waals surface area contributed by atoms with Gasteiger partial charge in [-0.3, -0.25) is 4.79 Å². The average Bonchev–Trinajstić information content (AvgIpc) is 2.82. The third-order valence-electron chi connectivity index (χ3n) is 2.92. The standard InChI is InChI=1S/C14H15ClN2O2/c1-9-10(6-7-16-9)14(19)17-8-13(18)11-4-2-3-5-12(11)15/h2-7,13,16,18H,8H2,1H3,(H,17,19). The molecule has 0 saturated heterocycles. The Balaban J connectivity index is 1.98. The highest BCUT2D eigenvalue weighted by molar-refractivity contribution is 6.31. The van der Waals surface area contributed by atoms with Crippen LogP contribution in [0, 0.1) is 6.92 Å². The van der Waals surface area contributed by atoms with E-state index in [-0.39, 0.29) is 12.5 Å². The average molecular weight is 279 g/mol. The molecule has 1 atom stereocenters.